The molecule has 0 fully saturated rings. The second-order valence-electron chi connectivity index (χ2n) is 3.12. The lowest BCUT2D eigenvalue weighted by Gasteiger charge is -2.06. The molecule has 0 atom stereocenters. The van der Waals surface area contributed by atoms with Crippen molar-refractivity contribution in [3.05, 3.63) is 28.2 Å². The Kier molecular flexibility index (Phi) is 5.60. The van der Waals surface area contributed by atoms with Crippen LogP contribution >= 0.6 is 23.2 Å². The molecule has 88 valence electrons. The molecule has 1 amide bonds. The molecule has 0 heterocycles. The van der Waals surface area contributed by atoms with Gasteiger partial charge in [-0.15, -0.1) is 0 Å². The van der Waals surface area contributed by atoms with Crippen LogP contribution in [0.2, 0.25) is 10.0 Å². The number of hydrogen-bond acceptors (Lipinski definition) is 2. The average Bonchev–Trinajstić information content (AvgIpc) is 2.24. The summed E-state index contributed by atoms with van der Waals surface area (Å²) in [5.41, 5.74) is 0.635. The molecular weight excluding hydrogens is 249 g/mol. The molecule has 0 unspecified atom stereocenters. The highest BCUT2D eigenvalue weighted by Gasteiger charge is 2.04. The lowest BCUT2D eigenvalue weighted by atomic mass is 10.3. The largest absolute Gasteiger partial charge is 0.381 e. The van der Waals surface area contributed by atoms with Crippen molar-refractivity contribution >= 4 is 34.8 Å². The van der Waals surface area contributed by atoms with Gasteiger partial charge in [0.15, 0.2) is 0 Å². The van der Waals surface area contributed by atoms with E-state index < -0.39 is 0 Å². The van der Waals surface area contributed by atoms with Gasteiger partial charge in [0.2, 0.25) is 5.91 Å². The van der Waals surface area contributed by atoms with Gasteiger partial charge >= 0.3 is 0 Å². The minimum absolute atomic E-state index is 0.105. The van der Waals surface area contributed by atoms with Gasteiger partial charge in [0.25, 0.3) is 0 Å². The minimum Gasteiger partial charge on any atom is -0.381 e. The van der Waals surface area contributed by atoms with Gasteiger partial charge in [-0.05, 0) is 25.1 Å². The van der Waals surface area contributed by atoms with Crippen molar-refractivity contribution in [2.45, 2.75) is 13.3 Å². The predicted octanol–water partition coefficient (Wildman–Crippen LogP) is 3.36. The molecular formula is C11H13Cl2NO2. The Morgan fingerprint density at radius 3 is 2.75 bits per heavy atom. The van der Waals surface area contributed by atoms with E-state index in [2.05, 4.69) is 5.32 Å². The zero-order valence-electron chi connectivity index (χ0n) is 8.93. The summed E-state index contributed by atoms with van der Waals surface area (Å²) in [4.78, 5) is 11.4. The van der Waals surface area contributed by atoms with E-state index in [0.29, 0.717) is 35.4 Å². The first-order chi connectivity index (χ1) is 7.63. The van der Waals surface area contributed by atoms with Gasteiger partial charge in [0.05, 0.1) is 23.1 Å². The van der Waals surface area contributed by atoms with Crippen LogP contribution in [0.25, 0.3) is 0 Å². The summed E-state index contributed by atoms with van der Waals surface area (Å²) in [6.45, 7) is 2.92. The number of carbonyl (C=O) groups is 1. The number of ether oxygens (including phenoxy) is 1. The molecule has 1 rings (SSSR count). The summed E-state index contributed by atoms with van der Waals surface area (Å²) in [7, 11) is 0. The quantitative estimate of drug-likeness (QED) is 0.826. The van der Waals surface area contributed by atoms with Crippen molar-refractivity contribution in [3.8, 4) is 0 Å². The third-order valence-electron chi connectivity index (χ3n) is 1.88. The third-order valence-corrected chi connectivity index (χ3v) is 2.62. The maximum Gasteiger partial charge on any atom is 0.226 e. The second kappa shape index (κ2) is 6.74. The monoisotopic (exact) mass is 261 g/mol. The van der Waals surface area contributed by atoms with Gasteiger partial charge in [0, 0.05) is 12.3 Å². The fraction of sp³-hybridized carbons (Fsp3) is 0.364. The Labute approximate surface area is 105 Å². The number of hydrogen-bond donors (Lipinski definition) is 1. The number of anilines is 1. The van der Waals surface area contributed by atoms with Crippen LogP contribution in [-0.4, -0.2) is 19.1 Å². The number of nitrogens with one attached hydrogen (secondary N) is 1. The van der Waals surface area contributed by atoms with Crippen LogP contribution in [0.15, 0.2) is 18.2 Å². The molecule has 3 nitrogen and oxygen atoms in total. The standard InChI is InChI=1S/C11H13Cl2NO2/c1-2-16-6-5-11(15)14-8-3-4-9(12)10(13)7-8/h3-4,7H,2,5-6H2,1H3,(H,14,15). The minimum atomic E-state index is -0.105. The molecule has 0 aliphatic heterocycles. The van der Waals surface area contributed by atoms with E-state index in [4.69, 9.17) is 27.9 Å². The molecule has 1 aromatic carbocycles. The smallest absolute Gasteiger partial charge is 0.226 e. The predicted molar refractivity (Wildman–Crippen MR) is 66.2 cm³/mol. The molecule has 1 N–H and O–H groups in total. The van der Waals surface area contributed by atoms with E-state index in [0.717, 1.165) is 0 Å². The molecule has 5 heteroatoms. The fourth-order valence-electron chi connectivity index (χ4n) is 1.11. The number of halogens is 2. The number of benzene rings is 1. The second-order valence-corrected chi connectivity index (χ2v) is 3.94. The Morgan fingerprint density at radius 2 is 2.12 bits per heavy atom. The molecule has 0 aromatic heterocycles. The SMILES string of the molecule is CCOCCC(=O)Nc1ccc(Cl)c(Cl)c1. The number of rotatable bonds is 5. The van der Waals surface area contributed by atoms with Crippen LogP contribution in [0, 0.1) is 0 Å². The number of amides is 1. The van der Waals surface area contributed by atoms with Crippen molar-refractivity contribution in [3.63, 3.8) is 0 Å². The summed E-state index contributed by atoms with van der Waals surface area (Å²) in [5.74, 6) is -0.105. The highest BCUT2D eigenvalue weighted by molar-refractivity contribution is 6.42. The van der Waals surface area contributed by atoms with E-state index in [-0.39, 0.29) is 5.91 Å². The van der Waals surface area contributed by atoms with Crippen molar-refractivity contribution < 1.29 is 9.53 Å². The fourth-order valence-corrected chi connectivity index (χ4v) is 1.40. The van der Waals surface area contributed by atoms with Crippen LogP contribution in [0.5, 0.6) is 0 Å². The summed E-state index contributed by atoms with van der Waals surface area (Å²) in [6, 6.07) is 4.96. The molecule has 0 saturated heterocycles. The van der Waals surface area contributed by atoms with Gasteiger partial charge < -0.3 is 10.1 Å². The first kappa shape index (κ1) is 13.3. The molecule has 0 radical (unpaired) electrons. The van der Waals surface area contributed by atoms with Crippen LogP contribution in [0.1, 0.15) is 13.3 Å². The molecule has 1 aromatic rings. The zero-order valence-corrected chi connectivity index (χ0v) is 10.4. The van der Waals surface area contributed by atoms with Gasteiger partial charge in [-0.25, -0.2) is 0 Å². The van der Waals surface area contributed by atoms with Crippen LogP contribution in [0.3, 0.4) is 0 Å². The molecule has 0 aliphatic rings. The average molecular weight is 262 g/mol. The van der Waals surface area contributed by atoms with Crippen LogP contribution in [-0.2, 0) is 9.53 Å². The maximum atomic E-state index is 11.4. The lowest BCUT2D eigenvalue weighted by Crippen LogP contribution is -2.14. The van der Waals surface area contributed by atoms with E-state index in [1.165, 1.54) is 0 Å². The van der Waals surface area contributed by atoms with Crippen LogP contribution < -0.4 is 5.32 Å². The van der Waals surface area contributed by atoms with Gasteiger partial charge in [-0.2, -0.15) is 0 Å². The van der Waals surface area contributed by atoms with Gasteiger partial charge in [0.1, 0.15) is 0 Å². The van der Waals surface area contributed by atoms with Crippen molar-refractivity contribution in [1.29, 1.82) is 0 Å². The lowest BCUT2D eigenvalue weighted by molar-refractivity contribution is -0.117. The molecule has 0 bridgehead atoms. The normalized spacial score (nSPS) is 10.2. The Hall–Kier alpha value is -0.770. The zero-order chi connectivity index (χ0) is 12.0. The van der Waals surface area contributed by atoms with E-state index >= 15 is 0 Å². The molecule has 0 saturated carbocycles. The first-order valence-corrected chi connectivity index (χ1v) is 5.71. The topological polar surface area (TPSA) is 38.3 Å². The van der Waals surface area contributed by atoms with Gasteiger partial charge in [-0.3, -0.25) is 4.79 Å². The summed E-state index contributed by atoms with van der Waals surface area (Å²) >= 11 is 11.6. The molecule has 0 spiro atoms. The van der Waals surface area contributed by atoms with E-state index in [1.807, 2.05) is 6.92 Å². The van der Waals surface area contributed by atoms with Crippen molar-refractivity contribution in [1.82, 2.24) is 0 Å². The summed E-state index contributed by atoms with van der Waals surface area (Å²) in [5, 5.41) is 3.59. The van der Waals surface area contributed by atoms with E-state index in [1.54, 1.807) is 18.2 Å². The Balaban J connectivity index is 2.46. The number of carbonyl (C=O) groups excluding carboxylic acids is 1. The van der Waals surface area contributed by atoms with Crippen LogP contribution in [0.4, 0.5) is 5.69 Å². The highest BCUT2D eigenvalue weighted by atomic mass is 35.5. The third kappa shape index (κ3) is 4.39. The summed E-state index contributed by atoms with van der Waals surface area (Å²) < 4.78 is 5.08. The van der Waals surface area contributed by atoms with Crippen molar-refractivity contribution in [2.24, 2.45) is 0 Å². The first-order valence-electron chi connectivity index (χ1n) is 4.96. The molecule has 16 heavy (non-hydrogen) atoms. The Bertz CT molecular complexity index is 369. The van der Waals surface area contributed by atoms with E-state index in [9.17, 15) is 4.79 Å². The van der Waals surface area contributed by atoms with Gasteiger partial charge in [-0.1, -0.05) is 23.2 Å². The van der Waals surface area contributed by atoms with Crippen molar-refractivity contribution in [2.75, 3.05) is 18.5 Å². The molecule has 0 aliphatic carbocycles. The highest BCUT2D eigenvalue weighted by Crippen LogP contribution is 2.24. The maximum absolute atomic E-state index is 11.4. The Morgan fingerprint density at radius 1 is 1.38 bits per heavy atom. The summed E-state index contributed by atoms with van der Waals surface area (Å²) in [6.07, 6.45) is 0.327.